The van der Waals surface area contributed by atoms with Gasteiger partial charge in [0.1, 0.15) is 0 Å². The van der Waals surface area contributed by atoms with E-state index in [1.807, 2.05) is 19.0 Å². The van der Waals surface area contributed by atoms with Gasteiger partial charge < -0.3 is 19.6 Å². The third kappa shape index (κ3) is 6.85. The van der Waals surface area contributed by atoms with E-state index in [2.05, 4.69) is 28.0 Å². The fraction of sp³-hybridized carbons (Fsp3) is 0.650. The van der Waals surface area contributed by atoms with Crippen molar-refractivity contribution in [3.63, 3.8) is 0 Å². The minimum atomic E-state index is -0.250. The molecule has 0 bridgehead atoms. The van der Waals surface area contributed by atoms with E-state index in [0.29, 0.717) is 6.42 Å². The molecule has 156 valence electrons. The Morgan fingerprint density at radius 1 is 1.32 bits per heavy atom. The topological polar surface area (TPSA) is 86.2 Å². The van der Waals surface area contributed by atoms with Crippen molar-refractivity contribution in [2.24, 2.45) is 0 Å². The number of hydrogen-bond acceptors (Lipinski definition) is 6. The number of likely N-dealkylation sites (tertiary alicyclic amines) is 1. The number of amides is 1. The van der Waals surface area contributed by atoms with Gasteiger partial charge in [0.2, 0.25) is 5.91 Å². The van der Waals surface area contributed by atoms with E-state index in [0.717, 1.165) is 70.2 Å². The van der Waals surface area contributed by atoms with Crippen LogP contribution in [0.4, 0.5) is 0 Å². The summed E-state index contributed by atoms with van der Waals surface area (Å²) in [4.78, 5) is 32.4. The van der Waals surface area contributed by atoms with Crippen LogP contribution < -0.4 is 0 Å². The standard InChI is InChI=1S/C19H30N4O2.CH2O2/c1-21(2)15-16-5-3-6-17(20-16)18-7-4-9-23(18)19(24)8-10-22-11-13-25-14-12-22;2-1-3/h3,5-6,18H,4,7-15H2,1-2H3;1H,(H,2,3). The number of hydrogen-bond donors (Lipinski definition) is 1. The monoisotopic (exact) mass is 392 g/mol. The maximum Gasteiger partial charge on any atom is 0.290 e. The Morgan fingerprint density at radius 2 is 2.04 bits per heavy atom. The molecule has 1 aromatic rings. The third-order valence-corrected chi connectivity index (χ3v) is 4.97. The van der Waals surface area contributed by atoms with Crippen molar-refractivity contribution < 1.29 is 19.4 Å². The molecule has 28 heavy (non-hydrogen) atoms. The zero-order valence-electron chi connectivity index (χ0n) is 16.9. The third-order valence-electron chi connectivity index (χ3n) is 4.97. The average Bonchev–Trinajstić information content (AvgIpc) is 3.17. The van der Waals surface area contributed by atoms with Gasteiger partial charge in [0.15, 0.2) is 0 Å². The summed E-state index contributed by atoms with van der Waals surface area (Å²) in [5.74, 6) is 0.258. The van der Waals surface area contributed by atoms with Crippen molar-refractivity contribution in [2.75, 3.05) is 53.5 Å². The van der Waals surface area contributed by atoms with Gasteiger partial charge in [-0.3, -0.25) is 19.5 Å². The fourth-order valence-electron chi connectivity index (χ4n) is 3.69. The van der Waals surface area contributed by atoms with E-state index < -0.39 is 0 Å². The maximum atomic E-state index is 12.8. The van der Waals surface area contributed by atoms with Crippen molar-refractivity contribution >= 4 is 12.4 Å². The van der Waals surface area contributed by atoms with Crippen molar-refractivity contribution in [3.8, 4) is 0 Å². The lowest BCUT2D eigenvalue weighted by Gasteiger charge is -2.29. The molecule has 0 spiro atoms. The lowest BCUT2D eigenvalue weighted by Crippen LogP contribution is -2.39. The van der Waals surface area contributed by atoms with E-state index in [1.54, 1.807) is 0 Å². The van der Waals surface area contributed by atoms with Gasteiger partial charge in [0.25, 0.3) is 6.47 Å². The van der Waals surface area contributed by atoms with E-state index in [1.165, 1.54) is 0 Å². The van der Waals surface area contributed by atoms with Crippen molar-refractivity contribution in [3.05, 3.63) is 29.6 Å². The van der Waals surface area contributed by atoms with Crippen LogP contribution in [0.1, 0.15) is 36.7 Å². The van der Waals surface area contributed by atoms with Crippen LogP contribution in [0.2, 0.25) is 0 Å². The molecular formula is C20H32N4O4. The Kier molecular flexibility index (Phi) is 9.33. The summed E-state index contributed by atoms with van der Waals surface area (Å²) < 4.78 is 5.37. The van der Waals surface area contributed by atoms with Gasteiger partial charge in [-0.05, 0) is 39.1 Å². The van der Waals surface area contributed by atoms with Crippen LogP contribution in [0, 0.1) is 0 Å². The van der Waals surface area contributed by atoms with Crippen LogP contribution in [0.15, 0.2) is 18.2 Å². The van der Waals surface area contributed by atoms with Crippen LogP contribution in [-0.2, 0) is 20.9 Å². The van der Waals surface area contributed by atoms with Gasteiger partial charge in [0.05, 0.1) is 30.6 Å². The van der Waals surface area contributed by atoms with Crippen molar-refractivity contribution in [2.45, 2.75) is 31.8 Å². The smallest absolute Gasteiger partial charge is 0.290 e. The second kappa shape index (κ2) is 11.7. The highest BCUT2D eigenvalue weighted by molar-refractivity contribution is 5.77. The van der Waals surface area contributed by atoms with Gasteiger partial charge in [-0.15, -0.1) is 0 Å². The van der Waals surface area contributed by atoms with Crippen LogP contribution >= 0.6 is 0 Å². The Morgan fingerprint density at radius 3 is 2.71 bits per heavy atom. The highest BCUT2D eigenvalue weighted by Gasteiger charge is 2.31. The summed E-state index contributed by atoms with van der Waals surface area (Å²) in [5, 5.41) is 6.89. The molecule has 2 fully saturated rings. The SMILES string of the molecule is CN(C)Cc1cccc(C2CCCN2C(=O)CCN2CCOCC2)n1.O=CO. The van der Waals surface area contributed by atoms with E-state index in [-0.39, 0.29) is 18.4 Å². The molecule has 3 heterocycles. The molecule has 1 atom stereocenters. The number of ether oxygens (including phenoxy) is 1. The summed E-state index contributed by atoms with van der Waals surface area (Å²) in [5.41, 5.74) is 2.10. The number of carboxylic acid groups (broad SMARTS) is 1. The summed E-state index contributed by atoms with van der Waals surface area (Å²) in [7, 11) is 4.09. The average molecular weight is 393 g/mol. The van der Waals surface area contributed by atoms with Crippen molar-refractivity contribution in [1.29, 1.82) is 0 Å². The van der Waals surface area contributed by atoms with Crippen LogP contribution in [-0.4, -0.2) is 90.7 Å². The molecule has 1 unspecified atom stereocenters. The molecule has 3 rings (SSSR count). The molecule has 2 saturated heterocycles. The molecule has 1 N–H and O–H groups in total. The summed E-state index contributed by atoms with van der Waals surface area (Å²) in [6.45, 7) is 5.69. The van der Waals surface area contributed by atoms with Gasteiger partial charge >= 0.3 is 0 Å². The second-order valence-electron chi connectivity index (χ2n) is 7.35. The van der Waals surface area contributed by atoms with Crippen LogP contribution in [0.5, 0.6) is 0 Å². The lowest BCUT2D eigenvalue weighted by atomic mass is 10.1. The number of aromatic nitrogens is 1. The van der Waals surface area contributed by atoms with Gasteiger partial charge in [-0.25, -0.2) is 0 Å². The largest absolute Gasteiger partial charge is 0.483 e. The quantitative estimate of drug-likeness (QED) is 0.729. The zero-order chi connectivity index (χ0) is 20.4. The fourth-order valence-corrected chi connectivity index (χ4v) is 3.69. The van der Waals surface area contributed by atoms with E-state index in [9.17, 15) is 4.79 Å². The Hall–Kier alpha value is -2.03. The molecule has 0 radical (unpaired) electrons. The molecule has 2 aliphatic rings. The molecule has 0 aliphatic carbocycles. The summed E-state index contributed by atoms with van der Waals surface area (Å²) >= 11 is 0. The summed E-state index contributed by atoms with van der Waals surface area (Å²) in [6, 6.07) is 6.33. The number of carbonyl (C=O) groups is 2. The molecule has 2 aliphatic heterocycles. The number of morpholine rings is 1. The first-order chi connectivity index (χ1) is 13.5. The number of rotatable bonds is 6. The minimum Gasteiger partial charge on any atom is -0.483 e. The predicted molar refractivity (Wildman–Crippen MR) is 106 cm³/mol. The first kappa shape index (κ1) is 22.3. The van der Waals surface area contributed by atoms with Gasteiger partial charge in [-0.1, -0.05) is 6.07 Å². The predicted octanol–water partition coefficient (Wildman–Crippen LogP) is 1.23. The Bertz CT molecular complexity index is 620. The number of nitrogens with zero attached hydrogens (tertiary/aromatic N) is 4. The van der Waals surface area contributed by atoms with Crippen LogP contribution in [0.3, 0.4) is 0 Å². The van der Waals surface area contributed by atoms with E-state index >= 15 is 0 Å². The van der Waals surface area contributed by atoms with Gasteiger partial charge in [-0.2, -0.15) is 0 Å². The summed E-state index contributed by atoms with van der Waals surface area (Å²) in [6.07, 6.45) is 2.67. The molecule has 1 amide bonds. The zero-order valence-corrected chi connectivity index (χ0v) is 16.9. The number of pyridine rings is 1. The molecular weight excluding hydrogens is 360 g/mol. The lowest BCUT2D eigenvalue weighted by molar-refractivity contribution is -0.132. The van der Waals surface area contributed by atoms with Crippen molar-refractivity contribution in [1.82, 2.24) is 19.7 Å². The van der Waals surface area contributed by atoms with Crippen LogP contribution in [0.25, 0.3) is 0 Å². The Balaban J connectivity index is 0.000000878. The molecule has 8 nitrogen and oxygen atoms in total. The highest BCUT2D eigenvalue weighted by atomic mass is 16.5. The molecule has 1 aromatic heterocycles. The highest BCUT2D eigenvalue weighted by Crippen LogP contribution is 2.31. The second-order valence-corrected chi connectivity index (χ2v) is 7.35. The number of carbonyl (C=O) groups excluding carboxylic acids is 1. The van der Waals surface area contributed by atoms with E-state index in [4.69, 9.17) is 19.6 Å². The van der Waals surface area contributed by atoms with Gasteiger partial charge in [0, 0.05) is 39.1 Å². The molecule has 0 aromatic carbocycles. The molecule has 0 saturated carbocycles. The normalized spacial score (nSPS) is 20.0. The first-order valence-electron chi connectivity index (χ1n) is 9.83. The minimum absolute atomic E-state index is 0.138. The maximum absolute atomic E-state index is 12.8. The Labute approximate surface area is 167 Å². The molecule has 8 heteroatoms. The first-order valence-corrected chi connectivity index (χ1v) is 9.83.